The lowest BCUT2D eigenvalue weighted by Gasteiger charge is -2.25. The van der Waals surface area contributed by atoms with Crippen LogP contribution in [-0.4, -0.2) is 30.7 Å². The van der Waals surface area contributed by atoms with Crippen molar-refractivity contribution in [2.24, 2.45) is 5.41 Å². The molecule has 4 heteroatoms. The number of aliphatic hydroxyl groups is 1. The molecule has 1 fully saturated rings. The molecule has 1 heterocycles. The van der Waals surface area contributed by atoms with Gasteiger partial charge in [-0.2, -0.15) is 0 Å². The van der Waals surface area contributed by atoms with Gasteiger partial charge in [0.2, 0.25) is 5.91 Å². The van der Waals surface area contributed by atoms with Crippen molar-refractivity contribution >= 4 is 11.6 Å². The van der Waals surface area contributed by atoms with Crippen molar-refractivity contribution < 1.29 is 9.90 Å². The molecule has 0 radical (unpaired) electrons. The Bertz CT molecular complexity index is 422. The third-order valence-electron chi connectivity index (χ3n) is 4.01. The summed E-state index contributed by atoms with van der Waals surface area (Å²) in [4.78, 5) is 12.4. The fourth-order valence-corrected chi connectivity index (χ4v) is 2.55. The zero-order valence-corrected chi connectivity index (χ0v) is 11.4. The lowest BCUT2D eigenvalue weighted by Crippen LogP contribution is -2.37. The van der Waals surface area contributed by atoms with E-state index in [1.165, 1.54) is 0 Å². The SMILES string of the molecule is CCC1(C(=O)Nc2ccc(CCO)cc2)CCNC1. The lowest BCUT2D eigenvalue weighted by atomic mass is 9.83. The van der Waals surface area contributed by atoms with Crippen LogP contribution in [0.3, 0.4) is 0 Å². The normalized spacial score (nSPS) is 22.4. The Morgan fingerprint density at radius 1 is 1.42 bits per heavy atom. The summed E-state index contributed by atoms with van der Waals surface area (Å²) in [6.07, 6.45) is 2.41. The maximum Gasteiger partial charge on any atom is 0.231 e. The Hall–Kier alpha value is -1.39. The molecule has 1 aliphatic rings. The summed E-state index contributed by atoms with van der Waals surface area (Å²) in [5.41, 5.74) is 1.64. The van der Waals surface area contributed by atoms with Gasteiger partial charge in [0.15, 0.2) is 0 Å². The van der Waals surface area contributed by atoms with E-state index in [1.54, 1.807) is 0 Å². The van der Waals surface area contributed by atoms with E-state index >= 15 is 0 Å². The van der Waals surface area contributed by atoms with Crippen LogP contribution >= 0.6 is 0 Å². The molecule has 3 N–H and O–H groups in total. The highest BCUT2D eigenvalue weighted by molar-refractivity contribution is 5.95. The monoisotopic (exact) mass is 262 g/mol. The van der Waals surface area contributed by atoms with Crippen LogP contribution in [0.25, 0.3) is 0 Å². The van der Waals surface area contributed by atoms with Gasteiger partial charge in [0.1, 0.15) is 0 Å². The first-order chi connectivity index (χ1) is 9.20. The van der Waals surface area contributed by atoms with Crippen molar-refractivity contribution in [3.63, 3.8) is 0 Å². The molecular formula is C15H22N2O2. The van der Waals surface area contributed by atoms with Crippen LogP contribution in [0.15, 0.2) is 24.3 Å². The van der Waals surface area contributed by atoms with Crippen LogP contribution in [-0.2, 0) is 11.2 Å². The van der Waals surface area contributed by atoms with Crippen molar-refractivity contribution in [3.05, 3.63) is 29.8 Å². The van der Waals surface area contributed by atoms with Crippen LogP contribution in [0.5, 0.6) is 0 Å². The van der Waals surface area contributed by atoms with Gasteiger partial charge in [-0.25, -0.2) is 0 Å². The topological polar surface area (TPSA) is 61.4 Å². The number of hydrogen-bond acceptors (Lipinski definition) is 3. The van der Waals surface area contributed by atoms with Crippen molar-refractivity contribution in [1.29, 1.82) is 0 Å². The summed E-state index contributed by atoms with van der Waals surface area (Å²) in [6.45, 7) is 3.89. The summed E-state index contributed by atoms with van der Waals surface area (Å²) in [5, 5.41) is 15.1. The Balaban J connectivity index is 2.02. The maximum atomic E-state index is 12.4. The largest absolute Gasteiger partial charge is 0.396 e. The molecule has 1 aromatic carbocycles. The van der Waals surface area contributed by atoms with Crippen molar-refractivity contribution in [1.82, 2.24) is 5.32 Å². The predicted molar refractivity (Wildman–Crippen MR) is 76.1 cm³/mol. The fraction of sp³-hybridized carbons (Fsp3) is 0.533. The quantitative estimate of drug-likeness (QED) is 0.754. The second-order valence-electron chi connectivity index (χ2n) is 5.19. The summed E-state index contributed by atoms with van der Waals surface area (Å²) in [5.74, 6) is 0.106. The molecule has 1 atom stereocenters. The van der Waals surface area contributed by atoms with E-state index in [2.05, 4.69) is 17.6 Å². The first-order valence-corrected chi connectivity index (χ1v) is 6.92. The van der Waals surface area contributed by atoms with Gasteiger partial charge in [-0.3, -0.25) is 4.79 Å². The zero-order chi connectivity index (χ0) is 13.7. The summed E-state index contributed by atoms with van der Waals surface area (Å²) in [7, 11) is 0. The van der Waals surface area contributed by atoms with Gasteiger partial charge >= 0.3 is 0 Å². The molecule has 1 aliphatic heterocycles. The number of hydrogen-bond donors (Lipinski definition) is 3. The Morgan fingerprint density at radius 3 is 2.68 bits per heavy atom. The third-order valence-corrected chi connectivity index (χ3v) is 4.01. The molecule has 1 saturated heterocycles. The van der Waals surface area contributed by atoms with Gasteiger partial charge in [0.05, 0.1) is 5.41 Å². The number of anilines is 1. The van der Waals surface area contributed by atoms with Gasteiger partial charge in [-0.05, 0) is 43.5 Å². The molecule has 0 spiro atoms. The maximum absolute atomic E-state index is 12.4. The molecule has 0 aromatic heterocycles. The molecule has 1 unspecified atom stereocenters. The molecule has 0 bridgehead atoms. The minimum absolute atomic E-state index is 0.106. The van der Waals surface area contributed by atoms with Gasteiger partial charge in [-0.1, -0.05) is 19.1 Å². The highest BCUT2D eigenvalue weighted by Crippen LogP contribution is 2.30. The number of aliphatic hydroxyl groups excluding tert-OH is 1. The van der Waals surface area contributed by atoms with Gasteiger partial charge in [-0.15, -0.1) is 0 Å². The Kier molecular flexibility index (Phi) is 4.56. The molecule has 1 amide bonds. The molecule has 0 aliphatic carbocycles. The molecular weight excluding hydrogens is 240 g/mol. The first-order valence-electron chi connectivity index (χ1n) is 6.92. The molecule has 0 saturated carbocycles. The average molecular weight is 262 g/mol. The van der Waals surface area contributed by atoms with Crippen LogP contribution in [0.1, 0.15) is 25.3 Å². The summed E-state index contributed by atoms with van der Waals surface area (Å²) < 4.78 is 0. The van der Waals surface area contributed by atoms with Crippen molar-refractivity contribution in [3.8, 4) is 0 Å². The van der Waals surface area contributed by atoms with Crippen molar-refractivity contribution in [2.45, 2.75) is 26.2 Å². The van der Waals surface area contributed by atoms with Crippen LogP contribution in [0.2, 0.25) is 0 Å². The van der Waals surface area contributed by atoms with Gasteiger partial charge in [0.25, 0.3) is 0 Å². The first kappa shape index (κ1) is 14.0. The Labute approximate surface area is 114 Å². The molecule has 2 rings (SSSR count). The number of nitrogens with one attached hydrogen (secondary N) is 2. The zero-order valence-electron chi connectivity index (χ0n) is 11.4. The van der Waals surface area contributed by atoms with Crippen LogP contribution in [0, 0.1) is 5.41 Å². The van der Waals surface area contributed by atoms with Crippen LogP contribution < -0.4 is 10.6 Å². The lowest BCUT2D eigenvalue weighted by molar-refractivity contribution is -0.124. The minimum atomic E-state index is -0.260. The van der Waals surface area contributed by atoms with Crippen LogP contribution in [0.4, 0.5) is 5.69 Å². The standard InChI is InChI=1S/C15H22N2O2/c1-2-15(8-9-16-11-15)14(19)17-13-5-3-12(4-6-13)7-10-18/h3-6,16,18H,2,7-11H2,1H3,(H,17,19). The number of benzene rings is 1. The smallest absolute Gasteiger partial charge is 0.231 e. The third kappa shape index (κ3) is 3.14. The average Bonchev–Trinajstić information content (AvgIpc) is 2.91. The number of carbonyl (C=O) groups is 1. The van der Waals surface area contributed by atoms with E-state index in [4.69, 9.17) is 5.11 Å². The number of rotatable bonds is 5. The van der Waals surface area contributed by atoms with E-state index in [9.17, 15) is 4.79 Å². The highest BCUT2D eigenvalue weighted by Gasteiger charge is 2.39. The molecule has 4 nitrogen and oxygen atoms in total. The summed E-state index contributed by atoms with van der Waals surface area (Å²) >= 11 is 0. The number of carbonyl (C=O) groups excluding carboxylic acids is 1. The fourth-order valence-electron chi connectivity index (χ4n) is 2.55. The second-order valence-corrected chi connectivity index (χ2v) is 5.19. The minimum Gasteiger partial charge on any atom is -0.396 e. The molecule has 104 valence electrons. The van der Waals surface area contributed by atoms with Gasteiger partial charge in [0, 0.05) is 18.8 Å². The number of amides is 1. The van der Waals surface area contributed by atoms with Gasteiger partial charge < -0.3 is 15.7 Å². The van der Waals surface area contributed by atoms with Crippen molar-refractivity contribution in [2.75, 3.05) is 25.0 Å². The van der Waals surface area contributed by atoms with E-state index in [1.807, 2.05) is 24.3 Å². The van der Waals surface area contributed by atoms with E-state index in [0.29, 0.717) is 6.42 Å². The summed E-state index contributed by atoms with van der Waals surface area (Å²) in [6, 6.07) is 7.68. The van der Waals surface area contributed by atoms with E-state index in [-0.39, 0.29) is 17.9 Å². The molecule has 19 heavy (non-hydrogen) atoms. The Morgan fingerprint density at radius 2 is 2.16 bits per heavy atom. The highest BCUT2D eigenvalue weighted by atomic mass is 16.2. The second kappa shape index (κ2) is 6.17. The molecule has 1 aromatic rings. The van der Waals surface area contributed by atoms with E-state index in [0.717, 1.165) is 37.2 Å². The predicted octanol–water partition coefficient (Wildman–Crippen LogP) is 1.55. The van der Waals surface area contributed by atoms with E-state index < -0.39 is 0 Å².